The van der Waals surface area contributed by atoms with Crippen molar-refractivity contribution >= 4 is 16.6 Å². The van der Waals surface area contributed by atoms with Crippen LogP contribution in [-0.4, -0.2) is 9.97 Å². The molecule has 5 aliphatic rings. The Morgan fingerprint density at radius 3 is 1.11 bits per heavy atom. The van der Waals surface area contributed by atoms with Crippen molar-refractivity contribution in [1.82, 2.24) is 9.97 Å². The number of nitrogens with zero attached hydrogens (tertiary/aromatic N) is 2. The zero-order valence-corrected chi connectivity index (χ0v) is 39.4. The molecule has 0 N–H and O–H groups in total. The molecule has 2 spiro atoms. The summed E-state index contributed by atoms with van der Waals surface area (Å²) >= 11 is 0. The first-order chi connectivity index (χ1) is 35.7. The van der Waals surface area contributed by atoms with Gasteiger partial charge in [0.05, 0.1) is 33.3 Å². The summed E-state index contributed by atoms with van der Waals surface area (Å²) in [6.45, 7) is 0. The Bertz CT molecular complexity index is 4140. The predicted molar refractivity (Wildman–Crippen MR) is 295 cm³/mol. The molecule has 1 heterocycles. The maximum Gasteiger partial charge on any atom is 0.0973 e. The number of allylic oxidation sites excluding steroid dienone is 4. The number of hydrogen-bond acceptors (Lipinski definition) is 2. The van der Waals surface area contributed by atoms with E-state index in [4.69, 9.17) is 9.97 Å². The summed E-state index contributed by atoms with van der Waals surface area (Å²) in [7, 11) is 0. The summed E-state index contributed by atoms with van der Waals surface area (Å²) in [6.07, 6.45) is 6.85. The highest BCUT2D eigenvalue weighted by atomic mass is 14.8. The normalized spacial score (nSPS) is 16.6. The van der Waals surface area contributed by atoms with Crippen LogP contribution in [-0.2, 0) is 10.8 Å². The third-order valence-corrected chi connectivity index (χ3v) is 16.8. The molecule has 1 unspecified atom stereocenters. The van der Waals surface area contributed by atoms with Gasteiger partial charge in [-0.05, 0) is 148 Å². The van der Waals surface area contributed by atoms with Gasteiger partial charge in [0.1, 0.15) is 0 Å². The molecule has 334 valence electrons. The van der Waals surface area contributed by atoms with E-state index in [1.165, 1.54) is 111 Å². The summed E-state index contributed by atoms with van der Waals surface area (Å²) < 4.78 is 0. The van der Waals surface area contributed by atoms with Crippen LogP contribution in [0.2, 0.25) is 0 Å². The second-order valence-electron chi connectivity index (χ2n) is 20.1. The third-order valence-electron chi connectivity index (χ3n) is 16.8. The van der Waals surface area contributed by atoms with Crippen molar-refractivity contribution in [3.63, 3.8) is 0 Å². The molecule has 0 radical (unpaired) electrons. The molecule has 0 bridgehead atoms. The molecule has 1 aromatic heterocycles. The smallest absolute Gasteiger partial charge is 0.0973 e. The lowest BCUT2D eigenvalue weighted by molar-refractivity contribution is 0.714. The topological polar surface area (TPSA) is 25.8 Å². The summed E-state index contributed by atoms with van der Waals surface area (Å²) in [5.41, 5.74) is 31.5. The maximum atomic E-state index is 5.35. The Labute approximate surface area is 419 Å². The summed E-state index contributed by atoms with van der Waals surface area (Å²) in [4.78, 5) is 10.7. The molecule has 1 atom stereocenters. The van der Waals surface area contributed by atoms with Gasteiger partial charge in [-0.2, -0.15) is 0 Å². The molecule has 0 aliphatic heterocycles. The molecule has 0 saturated carbocycles. The van der Waals surface area contributed by atoms with E-state index in [-0.39, 0.29) is 10.8 Å². The van der Waals surface area contributed by atoms with E-state index in [1.807, 2.05) is 12.1 Å². The molecule has 2 heteroatoms. The van der Waals surface area contributed by atoms with E-state index in [0.717, 1.165) is 46.4 Å². The minimum absolute atomic E-state index is 0.299. The first-order valence-electron chi connectivity index (χ1n) is 25.4. The lowest BCUT2D eigenvalue weighted by Gasteiger charge is -2.33. The van der Waals surface area contributed by atoms with Crippen molar-refractivity contribution in [2.45, 2.75) is 23.7 Å². The molecule has 0 saturated heterocycles. The van der Waals surface area contributed by atoms with E-state index in [0.29, 0.717) is 0 Å². The van der Waals surface area contributed by atoms with Gasteiger partial charge in [0.2, 0.25) is 0 Å². The van der Waals surface area contributed by atoms with Gasteiger partial charge in [-0.15, -0.1) is 0 Å². The van der Waals surface area contributed by atoms with Crippen LogP contribution in [0.4, 0.5) is 0 Å². The predicted octanol–water partition coefficient (Wildman–Crippen LogP) is 17.1. The fourth-order valence-corrected chi connectivity index (χ4v) is 13.9. The van der Waals surface area contributed by atoms with Gasteiger partial charge in [0.25, 0.3) is 0 Å². The Balaban J connectivity index is 0.782. The monoisotopic (exact) mass is 912 g/mol. The first kappa shape index (κ1) is 39.8. The lowest BCUT2D eigenvalue weighted by Crippen LogP contribution is -2.27. The zero-order chi connectivity index (χ0) is 47.1. The van der Waals surface area contributed by atoms with Crippen molar-refractivity contribution in [1.29, 1.82) is 0 Å². The van der Waals surface area contributed by atoms with Gasteiger partial charge < -0.3 is 0 Å². The quantitative estimate of drug-likeness (QED) is 0.176. The highest BCUT2D eigenvalue weighted by Crippen LogP contribution is 2.65. The molecule has 5 aliphatic carbocycles. The number of aromatic nitrogens is 2. The Morgan fingerprint density at radius 2 is 0.639 bits per heavy atom. The second kappa shape index (κ2) is 14.8. The van der Waals surface area contributed by atoms with Gasteiger partial charge in [-0.1, -0.05) is 218 Å². The number of rotatable bonds is 4. The summed E-state index contributed by atoms with van der Waals surface area (Å²) in [5, 5.41) is 0. The van der Waals surface area contributed by atoms with Crippen LogP contribution in [0.15, 0.2) is 248 Å². The minimum atomic E-state index is -0.383. The molecule has 0 fully saturated rings. The third kappa shape index (κ3) is 5.18. The van der Waals surface area contributed by atoms with Crippen molar-refractivity contribution in [2.24, 2.45) is 0 Å². The first-order valence-corrected chi connectivity index (χ1v) is 25.4. The summed E-state index contributed by atoms with van der Waals surface area (Å²) in [6, 6.07) is 85.8. The molecule has 2 nitrogen and oxygen atoms in total. The van der Waals surface area contributed by atoms with Crippen molar-refractivity contribution in [3.8, 4) is 78.1 Å². The SMILES string of the molecule is C1=CC2=C(CC1)C1(c3ccccc32)c2ccccc2-c2ccc(-c3ccc(-c4nc5ccccc5nc4-c4ccc(-c5ccc6c(c5)C5(c7ccccc7-c7ccccc75)c5ccccc5-6)cc4)cc3)cc21. The average molecular weight is 913 g/mol. The Morgan fingerprint density at radius 1 is 0.292 bits per heavy atom. The van der Waals surface area contributed by atoms with Gasteiger partial charge in [0, 0.05) is 11.1 Å². The van der Waals surface area contributed by atoms with Crippen LogP contribution in [0.25, 0.3) is 94.8 Å². The van der Waals surface area contributed by atoms with Gasteiger partial charge in [0.15, 0.2) is 0 Å². The number of fused-ring (bicyclic) bond motifs is 20. The minimum Gasteiger partial charge on any atom is -0.244 e. The van der Waals surface area contributed by atoms with Gasteiger partial charge in [-0.3, -0.25) is 0 Å². The van der Waals surface area contributed by atoms with Crippen molar-refractivity contribution in [2.75, 3.05) is 0 Å². The van der Waals surface area contributed by atoms with Crippen LogP contribution >= 0.6 is 0 Å². The van der Waals surface area contributed by atoms with E-state index < -0.39 is 0 Å². The standard InChI is InChI=1S/C70H44N2/c1-7-21-57-49(15-1)50-16-2-8-22-58(50)69(57)61-25-11-5-19-53(61)55-39-37-47(41-63(55)69)43-29-33-45(34-30-43)67-68(72-66-28-14-13-27-65(66)71-67)46-35-31-44(32-36-46)48-38-40-56-54-20-6-12-26-62(54)70(64(56)42-48)59-23-9-3-17-51(59)52-18-4-10-24-60(52)70/h1-9,11-23,25-42H,10,24H2. The van der Waals surface area contributed by atoms with Crippen molar-refractivity contribution in [3.05, 3.63) is 293 Å². The Kier molecular flexibility index (Phi) is 8.17. The molecule has 72 heavy (non-hydrogen) atoms. The lowest BCUT2D eigenvalue weighted by atomic mass is 9.68. The van der Waals surface area contributed by atoms with Crippen LogP contribution in [0.5, 0.6) is 0 Å². The van der Waals surface area contributed by atoms with Crippen LogP contribution < -0.4 is 0 Å². The van der Waals surface area contributed by atoms with Gasteiger partial charge >= 0.3 is 0 Å². The largest absolute Gasteiger partial charge is 0.244 e. The summed E-state index contributed by atoms with van der Waals surface area (Å²) in [5.74, 6) is 0. The van der Waals surface area contributed by atoms with Crippen molar-refractivity contribution < 1.29 is 0 Å². The van der Waals surface area contributed by atoms with Crippen LogP contribution in [0.1, 0.15) is 57.3 Å². The second-order valence-corrected chi connectivity index (χ2v) is 20.1. The molecule has 10 aromatic carbocycles. The average Bonchev–Trinajstić information content (AvgIpc) is 4.14. The number of hydrogen-bond donors (Lipinski definition) is 0. The van der Waals surface area contributed by atoms with Crippen LogP contribution in [0.3, 0.4) is 0 Å². The Hall–Kier alpha value is -8.98. The van der Waals surface area contributed by atoms with E-state index in [9.17, 15) is 0 Å². The van der Waals surface area contributed by atoms with Crippen LogP contribution in [0, 0.1) is 0 Å². The maximum absolute atomic E-state index is 5.35. The highest BCUT2D eigenvalue weighted by Gasteiger charge is 2.53. The molecular weight excluding hydrogens is 869 g/mol. The fourth-order valence-electron chi connectivity index (χ4n) is 13.9. The molecular formula is C70H44N2. The zero-order valence-electron chi connectivity index (χ0n) is 39.4. The van der Waals surface area contributed by atoms with E-state index >= 15 is 0 Å². The molecule has 11 aromatic rings. The highest BCUT2D eigenvalue weighted by molar-refractivity contribution is 5.99. The fraction of sp³-hybridized carbons (Fsp3) is 0.0571. The van der Waals surface area contributed by atoms with Gasteiger partial charge in [-0.25, -0.2) is 9.97 Å². The van der Waals surface area contributed by atoms with E-state index in [1.54, 1.807) is 0 Å². The molecule has 0 amide bonds. The van der Waals surface area contributed by atoms with E-state index in [2.05, 4.69) is 231 Å². The number of para-hydroxylation sites is 2. The number of benzene rings is 10. The molecule has 16 rings (SSSR count).